The zero-order valence-corrected chi connectivity index (χ0v) is 9.84. The first-order valence-electron chi connectivity index (χ1n) is 4.59. The topological polar surface area (TPSA) is 43.4 Å². The van der Waals surface area contributed by atoms with Crippen molar-refractivity contribution in [1.29, 1.82) is 0 Å². The third-order valence-corrected chi connectivity index (χ3v) is 2.37. The molecule has 0 aliphatic carbocycles. The zero-order valence-electron chi connectivity index (χ0n) is 9.08. The molecule has 5 heteroatoms. The summed E-state index contributed by atoms with van der Waals surface area (Å²) in [5, 5.41) is 3.60. The van der Waals surface area contributed by atoms with Gasteiger partial charge in [-0.1, -0.05) is 11.6 Å². The molecule has 0 unspecified atom stereocenters. The standard InChI is InChI=1S/C10H15ClN2O2/c1-7-4-5-12-10(11)9(7)13-6-8(14-2)15-3/h4-5,8,13H,6H2,1-3H3. The molecule has 0 saturated heterocycles. The van der Waals surface area contributed by atoms with E-state index in [1.807, 2.05) is 13.0 Å². The molecule has 84 valence electrons. The van der Waals surface area contributed by atoms with Gasteiger partial charge in [-0.05, 0) is 18.6 Å². The Morgan fingerprint density at radius 1 is 1.47 bits per heavy atom. The van der Waals surface area contributed by atoms with Crippen molar-refractivity contribution >= 4 is 17.3 Å². The van der Waals surface area contributed by atoms with Crippen molar-refractivity contribution in [3.63, 3.8) is 0 Å². The highest BCUT2D eigenvalue weighted by Gasteiger charge is 2.08. The maximum absolute atomic E-state index is 5.94. The number of aromatic nitrogens is 1. The molecule has 15 heavy (non-hydrogen) atoms. The van der Waals surface area contributed by atoms with Crippen LogP contribution in [0, 0.1) is 6.92 Å². The Labute approximate surface area is 94.6 Å². The molecule has 0 aliphatic heterocycles. The Bertz CT molecular complexity index is 296. The summed E-state index contributed by atoms with van der Waals surface area (Å²) in [6, 6.07) is 1.89. The molecule has 0 bridgehead atoms. The number of ether oxygens (including phenoxy) is 2. The molecule has 1 aromatic rings. The van der Waals surface area contributed by atoms with E-state index in [0.29, 0.717) is 11.7 Å². The summed E-state index contributed by atoms with van der Waals surface area (Å²) < 4.78 is 10.1. The van der Waals surface area contributed by atoms with Crippen LogP contribution in [0.5, 0.6) is 0 Å². The van der Waals surface area contributed by atoms with Gasteiger partial charge in [-0.2, -0.15) is 0 Å². The van der Waals surface area contributed by atoms with Gasteiger partial charge in [0, 0.05) is 20.4 Å². The molecule has 0 atom stereocenters. The van der Waals surface area contributed by atoms with Crippen LogP contribution in [0.15, 0.2) is 12.3 Å². The maximum Gasteiger partial charge on any atom is 0.173 e. The molecule has 4 nitrogen and oxygen atoms in total. The third-order valence-electron chi connectivity index (χ3n) is 2.08. The van der Waals surface area contributed by atoms with E-state index in [2.05, 4.69) is 10.3 Å². The monoisotopic (exact) mass is 230 g/mol. The van der Waals surface area contributed by atoms with Gasteiger partial charge in [0.1, 0.15) is 0 Å². The Hall–Kier alpha value is -0.840. The first kappa shape index (κ1) is 12.2. The second kappa shape index (κ2) is 5.90. The fraction of sp³-hybridized carbons (Fsp3) is 0.500. The lowest BCUT2D eigenvalue weighted by atomic mass is 10.2. The van der Waals surface area contributed by atoms with Crippen LogP contribution >= 0.6 is 11.6 Å². The average molecular weight is 231 g/mol. The zero-order chi connectivity index (χ0) is 11.3. The normalized spacial score (nSPS) is 10.7. The number of hydrogen-bond acceptors (Lipinski definition) is 4. The van der Waals surface area contributed by atoms with E-state index >= 15 is 0 Å². The Morgan fingerprint density at radius 2 is 2.13 bits per heavy atom. The highest BCUT2D eigenvalue weighted by molar-refractivity contribution is 6.32. The van der Waals surface area contributed by atoms with Crippen LogP contribution in [-0.4, -0.2) is 32.0 Å². The van der Waals surface area contributed by atoms with E-state index in [9.17, 15) is 0 Å². The molecule has 0 fully saturated rings. The largest absolute Gasteiger partial charge is 0.377 e. The second-order valence-corrected chi connectivity index (χ2v) is 3.43. The molecule has 0 saturated carbocycles. The number of hydrogen-bond donors (Lipinski definition) is 1. The van der Waals surface area contributed by atoms with Crippen LogP contribution in [0.2, 0.25) is 5.15 Å². The fourth-order valence-electron chi connectivity index (χ4n) is 1.19. The van der Waals surface area contributed by atoms with E-state index in [1.165, 1.54) is 0 Å². The quantitative estimate of drug-likeness (QED) is 0.621. The molecule has 1 rings (SSSR count). The van der Waals surface area contributed by atoms with Gasteiger partial charge in [-0.3, -0.25) is 0 Å². The first-order chi connectivity index (χ1) is 7.19. The third kappa shape index (κ3) is 3.34. The number of rotatable bonds is 5. The summed E-state index contributed by atoms with van der Waals surface area (Å²) >= 11 is 5.94. The number of halogens is 1. The van der Waals surface area contributed by atoms with Crippen LogP contribution < -0.4 is 5.32 Å². The molecular formula is C10H15ClN2O2. The van der Waals surface area contributed by atoms with Gasteiger partial charge < -0.3 is 14.8 Å². The molecule has 0 radical (unpaired) electrons. The van der Waals surface area contributed by atoms with E-state index in [1.54, 1.807) is 20.4 Å². The van der Waals surface area contributed by atoms with Crippen molar-refractivity contribution in [2.24, 2.45) is 0 Å². The van der Waals surface area contributed by atoms with Crippen LogP contribution in [0.3, 0.4) is 0 Å². The van der Waals surface area contributed by atoms with Gasteiger partial charge >= 0.3 is 0 Å². The van der Waals surface area contributed by atoms with Crippen molar-refractivity contribution < 1.29 is 9.47 Å². The number of pyridine rings is 1. The second-order valence-electron chi connectivity index (χ2n) is 3.08. The Kier molecular flexibility index (Phi) is 4.81. The Balaban J connectivity index is 2.64. The first-order valence-corrected chi connectivity index (χ1v) is 4.97. The molecule has 1 heterocycles. The van der Waals surface area contributed by atoms with Gasteiger partial charge in [-0.25, -0.2) is 4.98 Å². The summed E-state index contributed by atoms with van der Waals surface area (Å²) in [6.45, 7) is 2.49. The lowest BCUT2D eigenvalue weighted by Gasteiger charge is -2.16. The molecule has 0 aromatic carbocycles. The van der Waals surface area contributed by atoms with Gasteiger partial charge in [0.25, 0.3) is 0 Å². The minimum atomic E-state index is -0.291. The van der Waals surface area contributed by atoms with Gasteiger partial charge in [0.05, 0.1) is 12.2 Å². The molecule has 1 N–H and O–H groups in total. The lowest BCUT2D eigenvalue weighted by molar-refractivity contribution is -0.0914. The van der Waals surface area contributed by atoms with Crippen molar-refractivity contribution in [3.8, 4) is 0 Å². The van der Waals surface area contributed by atoms with Crippen LogP contribution in [0.1, 0.15) is 5.56 Å². The van der Waals surface area contributed by atoms with Crippen LogP contribution in [-0.2, 0) is 9.47 Å². The van der Waals surface area contributed by atoms with Gasteiger partial charge in [0.15, 0.2) is 11.4 Å². The minimum Gasteiger partial charge on any atom is -0.377 e. The fourth-order valence-corrected chi connectivity index (χ4v) is 1.46. The number of anilines is 1. The van der Waals surface area contributed by atoms with E-state index in [4.69, 9.17) is 21.1 Å². The molecule has 0 amide bonds. The molecule has 1 aromatic heterocycles. The van der Waals surface area contributed by atoms with Gasteiger partial charge in [-0.15, -0.1) is 0 Å². The molecule has 0 aliphatic rings. The van der Waals surface area contributed by atoms with Crippen LogP contribution in [0.25, 0.3) is 0 Å². The average Bonchev–Trinajstić information content (AvgIpc) is 2.23. The summed E-state index contributed by atoms with van der Waals surface area (Å²) in [5.41, 5.74) is 1.86. The van der Waals surface area contributed by atoms with Crippen molar-refractivity contribution in [2.75, 3.05) is 26.1 Å². The highest BCUT2D eigenvalue weighted by Crippen LogP contribution is 2.22. The maximum atomic E-state index is 5.94. The number of methoxy groups -OCH3 is 2. The SMILES string of the molecule is COC(CNc1c(C)ccnc1Cl)OC. The van der Waals surface area contributed by atoms with E-state index < -0.39 is 0 Å². The molecule has 0 spiro atoms. The van der Waals surface area contributed by atoms with Crippen molar-refractivity contribution in [2.45, 2.75) is 13.2 Å². The summed E-state index contributed by atoms with van der Waals surface area (Å²) in [7, 11) is 3.18. The Morgan fingerprint density at radius 3 is 2.67 bits per heavy atom. The number of aryl methyl sites for hydroxylation is 1. The number of nitrogens with zero attached hydrogens (tertiary/aromatic N) is 1. The minimum absolute atomic E-state index is 0.291. The highest BCUT2D eigenvalue weighted by atomic mass is 35.5. The predicted octanol–water partition coefficient (Wildman–Crippen LogP) is 2.07. The van der Waals surface area contributed by atoms with Gasteiger partial charge in [0.2, 0.25) is 0 Å². The summed E-state index contributed by atoms with van der Waals surface area (Å²) in [6.07, 6.45) is 1.38. The summed E-state index contributed by atoms with van der Waals surface area (Å²) in [4.78, 5) is 3.99. The smallest absolute Gasteiger partial charge is 0.173 e. The summed E-state index contributed by atoms with van der Waals surface area (Å²) in [5.74, 6) is 0. The predicted molar refractivity (Wildman–Crippen MR) is 60.3 cm³/mol. The molecular weight excluding hydrogens is 216 g/mol. The number of nitrogens with one attached hydrogen (secondary N) is 1. The van der Waals surface area contributed by atoms with Crippen molar-refractivity contribution in [1.82, 2.24) is 4.98 Å². The van der Waals surface area contributed by atoms with Crippen molar-refractivity contribution in [3.05, 3.63) is 23.0 Å². The van der Waals surface area contributed by atoms with E-state index in [-0.39, 0.29) is 6.29 Å². The van der Waals surface area contributed by atoms with Crippen LogP contribution in [0.4, 0.5) is 5.69 Å². The lowest BCUT2D eigenvalue weighted by Crippen LogP contribution is -2.24. The van der Waals surface area contributed by atoms with E-state index in [0.717, 1.165) is 11.3 Å².